The van der Waals surface area contributed by atoms with Gasteiger partial charge in [0.25, 0.3) is 0 Å². The maximum absolute atomic E-state index is 10.3. The summed E-state index contributed by atoms with van der Waals surface area (Å²) in [6.45, 7) is 9.62. The van der Waals surface area contributed by atoms with Crippen molar-refractivity contribution in [2.75, 3.05) is 6.61 Å². The zero-order valence-corrected chi connectivity index (χ0v) is 15.7. The summed E-state index contributed by atoms with van der Waals surface area (Å²) in [6, 6.07) is 0. The van der Waals surface area contributed by atoms with Gasteiger partial charge in [0.1, 0.15) is 23.1 Å². The van der Waals surface area contributed by atoms with Crippen LogP contribution in [0, 0.1) is 0 Å². The van der Waals surface area contributed by atoms with Crippen molar-refractivity contribution >= 4 is 29.1 Å². The molecule has 0 atom stereocenters. The van der Waals surface area contributed by atoms with Gasteiger partial charge in [0.15, 0.2) is 0 Å². The van der Waals surface area contributed by atoms with Crippen LogP contribution in [0.5, 0.6) is 0 Å². The molecule has 0 bridgehead atoms. The fourth-order valence-electron chi connectivity index (χ4n) is 1.03. The number of hydrogen-bond donors (Lipinski definition) is 0. The predicted molar refractivity (Wildman–Crippen MR) is 83.4 cm³/mol. The van der Waals surface area contributed by atoms with E-state index >= 15 is 0 Å². The molecular formula is C16H26FeO6+2. The minimum atomic E-state index is -0.269. The summed E-state index contributed by atoms with van der Waals surface area (Å²) in [6.07, 6.45) is 3.21. The second kappa shape index (κ2) is 20.4. The molecule has 0 fully saturated rings. The number of esters is 1. The molecule has 0 N–H and O–H groups in total. The van der Waals surface area contributed by atoms with Crippen molar-refractivity contribution in [1.29, 1.82) is 0 Å². The smallest absolute Gasteiger partial charge is 0.463 e. The number of ether oxygens (including phenoxy) is 1. The van der Waals surface area contributed by atoms with Crippen LogP contribution >= 0.6 is 0 Å². The van der Waals surface area contributed by atoms with Crippen LogP contribution < -0.4 is 0 Å². The third kappa shape index (κ3) is 44.9. The Morgan fingerprint density at radius 3 is 1.22 bits per heavy atom. The molecule has 0 aromatic carbocycles. The second-order valence-electron chi connectivity index (χ2n) is 4.41. The zero-order valence-electron chi connectivity index (χ0n) is 14.6. The van der Waals surface area contributed by atoms with E-state index in [-0.39, 0.29) is 59.0 Å². The molecule has 0 spiro atoms. The number of hydrogen-bond acceptors (Lipinski definition) is 6. The minimum absolute atomic E-state index is 0. The molecular weight excluding hydrogens is 344 g/mol. The molecule has 23 heavy (non-hydrogen) atoms. The fraction of sp³-hybridized carbons (Fsp3) is 0.562. The summed E-state index contributed by atoms with van der Waals surface area (Å²) in [7, 11) is 0. The zero-order chi connectivity index (χ0) is 18.1. The van der Waals surface area contributed by atoms with Gasteiger partial charge < -0.3 is 4.74 Å². The molecule has 132 valence electrons. The normalized spacial score (nSPS) is 8.43. The monoisotopic (exact) mass is 370 g/mol. The van der Waals surface area contributed by atoms with Gasteiger partial charge in [-0.1, -0.05) is 6.08 Å². The van der Waals surface area contributed by atoms with E-state index in [1.165, 1.54) is 33.8 Å². The van der Waals surface area contributed by atoms with Crippen molar-refractivity contribution in [3.63, 3.8) is 0 Å². The fourth-order valence-corrected chi connectivity index (χ4v) is 1.03. The topological polar surface area (TPSA) is 94.6 Å². The first-order chi connectivity index (χ1) is 10.1. The van der Waals surface area contributed by atoms with Gasteiger partial charge in [0.2, 0.25) is 0 Å². The Labute approximate surface area is 148 Å². The van der Waals surface area contributed by atoms with E-state index in [0.717, 1.165) is 0 Å². The maximum atomic E-state index is 10.3. The molecule has 0 aliphatic rings. The van der Waals surface area contributed by atoms with Crippen LogP contribution in [0.4, 0.5) is 0 Å². The van der Waals surface area contributed by atoms with Crippen LogP contribution in [-0.2, 0) is 45.8 Å². The number of ketones is 4. The largest absolute Gasteiger partial charge is 2.00 e. The van der Waals surface area contributed by atoms with Gasteiger partial charge in [-0.05, 0) is 41.5 Å². The van der Waals surface area contributed by atoms with Crippen LogP contribution in [0.3, 0.4) is 0 Å². The molecule has 0 rings (SSSR count). The molecule has 0 saturated carbocycles. The van der Waals surface area contributed by atoms with Gasteiger partial charge in [-0.25, -0.2) is 4.79 Å². The minimum Gasteiger partial charge on any atom is -0.463 e. The van der Waals surface area contributed by atoms with Crippen LogP contribution in [0.25, 0.3) is 0 Å². The van der Waals surface area contributed by atoms with Crippen molar-refractivity contribution in [3.8, 4) is 0 Å². The summed E-state index contributed by atoms with van der Waals surface area (Å²) in [4.78, 5) is 50.5. The van der Waals surface area contributed by atoms with Gasteiger partial charge in [-0.3, -0.25) is 19.2 Å². The van der Waals surface area contributed by atoms with E-state index in [0.29, 0.717) is 6.61 Å². The predicted octanol–water partition coefficient (Wildman–Crippen LogP) is 2.23. The summed E-state index contributed by atoms with van der Waals surface area (Å²) in [5.74, 6) is -0.519. The average Bonchev–Trinajstić information content (AvgIpc) is 2.26. The SMILES string of the molecule is C/C=C/C(=O)OCC.CC(=O)CC(C)=O.CC(=O)CC(C)=O.[Fe+2]. The Morgan fingerprint density at radius 2 is 1.09 bits per heavy atom. The molecule has 0 aromatic heterocycles. The average molecular weight is 370 g/mol. The van der Waals surface area contributed by atoms with Crippen molar-refractivity contribution in [2.45, 2.75) is 54.4 Å². The molecule has 0 aromatic rings. The Hall–Kier alpha value is -1.59. The Bertz CT molecular complexity index is 363. The molecule has 0 aliphatic heterocycles. The van der Waals surface area contributed by atoms with Crippen molar-refractivity contribution < 1.29 is 45.8 Å². The molecule has 6 nitrogen and oxygen atoms in total. The third-order valence-corrected chi connectivity index (χ3v) is 1.59. The Balaban J connectivity index is -0.000000116. The van der Waals surface area contributed by atoms with Crippen LogP contribution in [0.15, 0.2) is 12.2 Å². The van der Waals surface area contributed by atoms with E-state index in [4.69, 9.17) is 0 Å². The van der Waals surface area contributed by atoms with Crippen molar-refractivity contribution in [3.05, 3.63) is 12.2 Å². The molecule has 0 radical (unpaired) electrons. The van der Waals surface area contributed by atoms with Crippen LogP contribution in [0.2, 0.25) is 0 Å². The van der Waals surface area contributed by atoms with Crippen LogP contribution in [0.1, 0.15) is 54.4 Å². The number of rotatable bonds is 6. The Kier molecular flexibility index (Phi) is 26.1. The number of carbonyl (C=O) groups excluding carboxylic acids is 5. The van der Waals surface area contributed by atoms with E-state index in [2.05, 4.69) is 4.74 Å². The van der Waals surface area contributed by atoms with E-state index in [9.17, 15) is 24.0 Å². The molecule has 0 unspecified atom stereocenters. The van der Waals surface area contributed by atoms with Gasteiger partial charge in [-0.15, -0.1) is 0 Å². The summed E-state index contributed by atoms with van der Waals surface area (Å²) >= 11 is 0. The summed E-state index contributed by atoms with van der Waals surface area (Å²) < 4.78 is 4.56. The first-order valence-corrected chi connectivity index (χ1v) is 6.83. The molecule has 0 amide bonds. The van der Waals surface area contributed by atoms with Crippen molar-refractivity contribution in [1.82, 2.24) is 0 Å². The quantitative estimate of drug-likeness (QED) is 0.308. The van der Waals surface area contributed by atoms with E-state index in [1.54, 1.807) is 19.9 Å². The van der Waals surface area contributed by atoms with E-state index in [1.807, 2.05) is 0 Å². The third-order valence-electron chi connectivity index (χ3n) is 1.59. The number of carbonyl (C=O) groups is 5. The maximum Gasteiger partial charge on any atom is 2.00 e. The van der Waals surface area contributed by atoms with Gasteiger partial charge in [0.05, 0.1) is 19.4 Å². The number of allylic oxidation sites excluding steroid dienone is 1. The molecule has 7 heteroatoms. The summed E-state index contributed by atoms with van der Waals surface area (Å²) in [5, 5.41) is 0. The molecule has 0 saturated heterocycles. The van der Waals surface area contributed by atoms with E-state index < -0.39 is 0 Å². The Morgan fingerprint density at radius 1 is 0.783 bits per heavy atom. The van der Waals surface area contributed by atoms with Crippen molar-refractivity contribution in [2.24, 2.45) is 0 Å². The first kappa shape index (κ1) is 29.4. The van der Waals surface area contributed by atoms with Crippen LogP contribution in [-0.4, -0.2) is 35.7 Å². The van der Waals surface area contributed by atoms with Gasteiger partial charge >= 0.3 is 23.0 Å². The number of Topliss-reactive ketones (excluding diaryl/α,β-unsaturated/α-hetero) is 4. The first-order valence-electron chi connectivity index (χ1n) is 6.83. The summed E-state index contributed by atoms with van der Waals surface area (Å²) in [5.41, 5.74) is 0. The van der Waals surface area contributed by atoms with Gasteiger partial charge in [0, 0.05) is 6.08 Å². The molecule has 0 heterocycles. The van der Waals surface area contributed by atoms with Gasteiger partial charge in [-0.2, -0.15) is 0 Å². The standard InChI is InChI=1S/C6H10O2.2C5H8O2.Fe/c1-3-5-6(7)8-4-2;2*1-4(6)3-5(2)7;/h3,5H,4H2,1-2H3;2*3H2,1-2H3;/q;;;+2/b5-3+;;;. The molecule has 0 aliphatic carbocycles. The second-order valence-corrected chi connectivity index (χ2v) is 4.41.